The zero-order chi connectivity index (χ0) is 22.3. The molecule has 0 bridgehead atoms. The first kappa shape index (κ1) is 22.5. The molecule has 7 nitrogen and oxygen atoms in total. The van der Waals surface area contributed by atoms with Crippen molar-refractivity contribution in [3.8, 4) is 5.88 Å². The lowest BCUT2D eigenvalue weighted by molar-refractivity contribution is 0.122. The molecule has 0 amide bonds. The monoisotopic (exact) mass is 453 g/mol. The van der Waals surface area contributed by atoms with Crippen LogP contribution in [0.4, 0.5) is 5.69 Å². The number of ether oxygens (including phenoxy) is 2. The van der Waals surface area contributed by atoms with Crippen molar-refractivity contribution in [1.82, 2.24) is 14.8 Å². The first-order chi connectivity index (χ1) is 15.6. The standard InChI is InChI=1S/C24H31N5O2S/c1-19-4-3-5-20(14-19)17-25-18-21-15-22(28-8-11-30-12-9-28)16-23(26-21)31-13-10-29-7-6-27(2)24(29)32/h3-5,14-17H,6-13,18H2,1-2H3. The number of aryl methyl sites for hydroxylation is 1. The zero-order valence-corrected chi connectivity index (χ0v) is 19.7. The Hall–Kier alpha value is -2.71. The average Bonchev–Trinajstić information content (AvgIpc) is 3.12. The van der Waals surface area contributed by atoms with Gasteiger partial charge in [-0.15, -0.1) is 0 Å². The molecule has 8 heteroatoms. The molecule has 32 heavy (non-hydrogen) atoms. The number of likely N-dealkylation sites (N-methyl/N-ethyl adjacent to an activating group) is 1. The third kappa shape index (κ3) is 5.95. The van der Waals surface area contributed by atoms with E-state index < -0.39 is 0 Å². The van der Waals surface area contributed by atoms with E-state index in [-0.39, 0.29) is 0 Å². The van der Waals surface area contributed by atoms with Gasteiger partial charge in [0.25, 0.3) is 0 Å². The molecule has 2 fully saturated rings. The third-order valence-electron chi connectivity index (χ3n) is 5.67. The highest BCUT2D eigenvalue weighted by molar-refractivity contribution is 7.80. The molecular formula is C24H31N5O2S. The highest BCUT2D eigenvalue weighted by Gasteiger charge is 2.21. The number of aromatic nitrogens is 1. The lowest BCUT2D eigenvalue weighted by atomic mass is 10.1. The average molecular weight is 454 g/mol. The van der Waals surface area contributed by atoms with E-state index in [1.165, 1.54) is 5.56 Å². The minimum Gasteiger partial charge on any atom is -0.476 e. The molecule has 0 aliphatic carbocycles. The van der Waals surface area contributed by atoms with Crippen LogP contribution in [0.25, 0.3) is 0 Å². The predicted octanol–water partition coefficient (Wildman–Crippen LogP) is 2.76. The number of morpholine rings is 1. The number of anilines is 1. The van der Waals surface area contributed by atoms with E-state index in [9.17, 15) is 0 Å². The van der Waals surface area contributed by atoms with Gasteiger partial charge in [-0.25, -0.2) is 4.98 Å². The Morgan fingerprint density at radius 3 is 2.75 bits per heavy atom. The maximum atomic E-state index is 6.06. The molecule has 2 aliphatic heterocycles. The summed E-state index contributed by atoms with van der Waals surface area (Å²) in [6.45, 7) is 9.00. The first-order valence-electron chi connectivity index (χ1n) is 11.1. The second-order valence-corrected chi connectivity index (χ2v) is 8.54. The lowest BCUT2D eigenvalue weighted by Gasteiger charge is -2.29. The van der Waals surface area contributed by atoms with E-state index in [4.69, 9.17) is 26.7 Å². The molecule has 4 rings (SSSR count). The summed E-state index contributed by atoms with van der Waals surface area (Å²) in [7, 11) is 2.03. The quantitative estimate of drug-likeness (QED) is 0.450. The van der Waals surface area contributed by atoms with Gasteiger partial charge >= 0.3 is 0 Å². The van der Waals surface area contributed by atoms with E-state index in [0.29, 0.717) is 19.0 Å². The fourth-order valence-corrected chi connectivity index (χ4v) is 4.14. The molecule has 0 atom stereocenters. The van der Waals surface area contributed by atoms with Crippen molar-refractivity contribution in [1.29, 1.82) is 0 Å². The Labute approximate surface area is 195 Å². The molecule has 2 saturated heterocycles. The van der Waals surface area contributed by atoms with Crippen LogP contribution in [0.5, 0.6) is 5.88 Å². The Balaban J connectivity index is 1.44. The highest BCUT2D eigenvalue weighted by atomic mass is 32.1. The summed E-state index contributed by atoms with van der Waals surface area (Å²) in [5, 5.41) is 0.884. The van der Waals surface area contributed by atoms with Crippen LogP contribution in [0.15, 0.2) is 41.4 Å². The van der Waals surface area contributed by atoms with Crippen LogP contribution >= 0.6 is 12.2 Å². The van der Waals surface area contributed by atoms with E-state index in [1.807, 2.05) is 25.4 Å². The topological polar surface area (TPSA) is 53.4 Å². The van der Waals surface area contributed by atoms with Gasteiger partial charge in [-0.3, -0.25) is 4.99 Å². The van der Waals surface area contributed by atoms with Gasteiger partial charge < -0.3 is 24.2 Å². The first-order valence-corrected chi connectivity index (χ1v) is 11.5. The number of hydrogen-bond donors (Lipinski definition) is 0. The molecule has 170 valence electrons. The summed E-state index contributed by atoms with van der Waals surface area (Å²) in [6.07, 6.45) is 1.90. The number of thiocarbonyl (C=S) groups is 1. The second-order valence-electron chi connectivity index (χ2n) is 8.18. The molecule has 0 N–H and O–H groups in total. The fourth-order valence-electron chi connectivity index (χ4n) is 3.87. The van der Waals surface area contributed by atoms with Crippen molar-refractivity contribution in [2.45, 2.75) is 13.5 Å². The van der Waals surface area contributed by atoms with Crippen LogP contribution in [-0.2, 0) is 11.3 Å². The summed E-state index contributed by atoms with van der Waals surface area (Å²) in [6, 6.07) is 12.4. The van der Waals surface area contributed by atoms with Crippen molar-refractivity contribution >= 4 is 29.2 Å². The molecule has 1 aromatic carbocycles. The highest BCUT2D eigenvalue weighted by Crippen LogP contribution is 2.23. The number of nitrogens with zero attached hydrogens (tertiary/aromatic N) is 5. The number of pyridine rings is 1. The largest absolute Gasteiger partial charge is 0.476 e. The second kappa shape index (κ2) is 10.7. The predicted molar refractivity (Wildman–Crippen MR) is 132 cm³/mol. The van der Waals surface area contributed by atoms with Crippen LogP contribution in [0.3, 0.4) is 0 Å². The van der Waals surface area contributed by atoms with Crippen molar-refractivity contribution in [2.75, 3.05) is 64.5 Å². The van der Waals surface area contributed by atoms with Gasteiger partial charge in [0.1, 0.15) is 6.61 Å². The maximum absolute atomic E-state index is 6.06. The van der Waals surface area contributed by atoms with Crippen molar-refractivity contribution in [3.05, 3.63) is 53.2 Å². The minimum atomic E-state index is 0.503. The fraction of sp³-hybridized carbons (Fsp3) is 0.458. The number of hydrogen-bond acceptors (Lipinski definition) is 6. The molecule has 2 aromatic rings. The molecule has 2 aliphatic rings. The van der Waals surface area contributed by atoms with Gasteiger partial charge in [0.15, 0.2) is 5.11 Å². The lowest BCUT2D eigenvalue weighted by Crippen LogP contribution is -2.36. The minimum absolute atomic E-state index is 0.503. The van der Waals surface area contributed by atoms with Crippen LogP contribution in [0.2, 0.25) is 0 Å². The Bertz CT molecular complexity index is 961. The SMILES string of the molecule is Cc1cccc(C=NCc2cc(N3CCOCC3)cc(OCCN3CCN(C)C3=S)n2)c1. The van der Waals surface area contributed by atoms with E-state index in [1.54, 1.807) is 0 Å². The Kier molecular flexibility index (Phi) is 7.55. The number of aliphatic imine (C=N–C) groups is 1. The molecule has 0 spiro atoms. The van der Waals surface area contributed by atoms with Gasteiger partial charge in [-0.2, -0.15) is 0 Å². The summed E-state index contributed by atoms with van der Waals surface area (Å²) in [5.74, 6) is 0.633. The molecular weight excluding hydrogens is 422 g/mol. The number of benzene rings is 1. The van der Waals surface area contributed by atoms with E-state index >= 15 is 0 Å². The summed E-state index contributed by atoms with van der Waals surface area (Å²) >= 11 is 5.46. The van der Waals surface area contributed by atoms with Crippen molar-refractivity contribution in [2.24, 2.45) is 4.99 Å². The normalized spacial score (nSPS) is 16.9. The van der Waals surface area contributed by atoms with Gasteiger partial charge in [-0.05, 0) is 30.8 Å². The molecule has 0 radical (unpaired) electrons. The Morgan fingerprint density at radius 1 is 1.16 bits per heavy atom. The van der Waals surface area contributed by atoms with Crippen molar-refractivity contribution in [3.63, 3.8) is 0 Å². The maximum Gasteiger partial charge on any atom is 0.215 e. The smallest absolute Gasteiger partial charge is 0.215 e. The third-order valence-corrected chi connectivity index (χ3v) is 6.24. The summed E-state index contributed by atoms with van der Waals surface area (Å²) in [5.41, 5.74) is 4.32. The van der Waals surface area contributed by atoms with Crippen LogP contribution in [0.1, 0.15) is 16.8 Å². The van der Waals surface area contributed by atoms with Gasteiger partial charge in [-0.1, -0.05) is 29.8 Å². The van der Waals surface area contributed by atoms with Gasteiger partial charge in [0, 0.05) is 51.2 Å². The molecule has 0 unspecified atom stereocenters. The molecule has 0 saturated carbocycles. The summed E-state index contributed by atoms with van der Waals surface area (Å²) < 4.78 is 11.6. The number of rotatable bonds is 8. The molecule has 3 heterocycles. The summed E-state index contributed by atoms with van der Waals surface area (Å²) in [4.78, 5) is 15.9. The van der Waals surface area contributed by atoms with E-state index in [2.05, 4.69) is 50.9 Å². The van der Waals surface area contributed by atoms with Crippen molar-refractivity contribution < 1.29 is 9.47 Å². The van der Waals surface area contributed by atoms with E-state index in [0.717, 1.165) is 68.0 Å². The van der Waals surface area contributed by atoms with Crippen LogP contribution in [-0.4, -0.2) is 85.7 Å². The van der Waals surface area contributed by atoms with Gasteiger partial charge in [0.05, 0.1) is 32.0 Å². The van der Waals surface area contributed by atoms with Crippen LogP contribution in [0, 0.1) is 6.92 Å². The van der Waals surface area contributed by atoms with Gasteiger partial charge in [0.2, 0.25) is 5.88 Å². The molecule has 1 aromatic heterocycles. The zero-order valence-electron chi connectivity index (χ0n) is 18.9. The Morgan fingerprint density at radius 2 is 2.00 bits per heavy atom. The van der Waals surface area contributed by atoms with Crippen LogP contribution < -0.4 is 9.64 Å².